The summed E-state index contributed by atoms with van der Waals surface area (Å²) in [5.41, 5.74) is 1.66. The smallest absolute Gasteiger partial charge is 0.338 e. The van der Waals surface area contributed by atoms with Gasteiger partial charge in [-0.15, -0.1) is 0 Å². The molecule has 1 saturated heterocycles. The van der Waals surface area contributed by atoms with Crippen molar-refractivity contribution in [3.05, 3.63) is 29.8 Å². The predicted octanol–water partition coefficient (Wildman–Crippen LogP) is 6.31. The zero-order valence-corrected chi connectivity index (χ0v) is 32.5. The van der Waals surface area contributed by atoms with E-state index in [0.717, 1.165) is 0 Å². The Morgan fingerprint density at radius 2 is 1.43 bits per heavy atom. The highest BCUT2D eigenvalue weighted by molar-refractivity contribution is 6.77. The van der Waals surface area contributed by atoms with Gasteiger partial charge in [-0.3, -0.25) is 4.79 Å². The van der Waals surface area contributed by atoms with Gasteiger partial charge in [-0.2, -0.15) is 0 Å². The molecule has 1 aliphatic rings. The van der Waals surface area contributed by atoms with E-state index in [4.69, 9.17) is 28.1 Å². The Balaban J connectivity index is 1.99. The van der Waals surface area contributed by atoms with Gasteiger partial charge in [0.1, 0.15) is 18.0 Å². The molecular formula is C37H64O11Si. The largest absolute Gasteiger partial charge is 0.497 e. The maximum absolute atomic E-state index is 12.7. The van der Waals surface area contributed by atoms with Crippen LogP contribution in [0.2, 0.25) is 16.6 Å². The Hall–Kier alpha value is -2.06. The van der Waals surface area contributed by atoms with Crippen molar-refractivity contribution in [2.45, 2.75) is 166 Å². The number of rotatable bonds is 21. The third kappa shape index (κ3) is 13.9. The number of ether oxygens (including phenoxy) is 5. The maximum atomic E-state index is 12.7. The second-order valence-corrected chi connectivity index (χ2v) is 20.3. The van der Waals surface area contributed by atoms with Gasteiger partial charge in [0.25, 0.3) is 0 Å². The Kier molecular flexibility index (Phi) is 17.7. The quantitative estimate of drug-likeness (QED) is 0.0972. The van der Waals surface area contributed by atoms with E-state index in [0.29, 0.717) is 53.8 Å². The molecule has 2 rings (SSSR count). The highest BCUT2D eigenvalue weighted by Crippen LogP contribution is 2.42. The van der Waals surface area contributed by atoms with Crippen molar-refractivity contribution < 1.29 is 53.0 Å². The molecule has 282 valence electrons. The minimum Gasteiger partial charge on any atom is -0.497 e. The van der Waals surface area contributed by atoms with Crippen LogP contribution in [0, 0.1) is 0 Å². The minimum absolute atomic E-state index is 0.0361. The molecule has 49 heavy (non-hydrogen) atoms. The number of benzene rings is 1. The first-order valence-corrected chi connectivity index (χ1v) is 20.0. The topological polar surface area (TPSA) is 150 Å². The van der Waals surface area contributed by atoms with E-state index < -0.39 is 44.5 Å². The summed E-state index contributed by atoms with van der Waals surface area (Å²) in [4.78, 5) is 24.7. The molecule has 6 atom stereocenters. The van der Waals surface area contributed by atoms with Crippen LogP contribution >= 0.6 is 0 Å². The molecule has 1 aromatic carbocycles. The van der Waals surface area contributed by atoms with Crippen LogP contribution in [0.25, 0.3) is 0 Å². The van der Waals surface area contributed by atoms with Gasteiger partial charge < -0.3 is 43.4 Å². The molecule has 1 aliphatic heterocycles. The van der Waals surface area contributed by atoms with E-state index in [1.807, 2.05) is 13.8 Å². The summed E-state index contributed by atoms with van der Waals surface area (Å²) in [7, 11) is -0.543. The van der Waals surface area contributed by atoms with Gasteiger partial charge in [-0.05, 0) is 67.6 Å². The number of aliphatic hydroxyl groups excluding tert-OH is 3. The monoisotopic (exact) mass is 712 g/mol. The van der Waals surface area contributed by atoms with Crippen molar-refractivity contribution >= 4 is 20.3 Å². The van der Waals surface area contributed by atoms with Crippen LogP contribution in [0.4, 0.5) is 0 Å². The van der Waals surface area contributed by atoms with Crippen LogP contribution in [0.1, 0.15) is 118 Å². The summed E-state index contributed by atoms with van der Waals surface area (Å²) in [5.74, 6) is -1.25. The number of methoxy groups -OCH3 is 1. The number of carbonyl (C=O) groups excluding carboxylic acids is 2. The molecule has 12 heteroatoms. The molecule has 1 aromatic rings. The van der Waals surface area contributed by atoms with Crippen LogP contribution in [0.5, 0.6) is 5.75 Å². The summed E-state index contributed by atoms with van der Waals surface area (Å²) < 4.78 is 35.6. The van der Waals surface area contributed by atoms with E-state index >= 15 is 0 Å². The lowest BCUT2D eigenvalue weighted by Crippen LogP contribution is -2.48. The normalized spacial score (nSPS) is 20.6. The molecule has 0 radical (unpaired) electrons. The van der Waals surface area contributed by atoms with Crippen molar-refractivity contribution in [2.24, 2.45) is 0 Å². The number of hydrogen-bond donors (Lipinski definition) is 3. The zero-order valence-electron chi connectivity index (χ0n) is 31.5. The van der Waals surface area contributed by atoms with Gasteiger partial charge in [0.2, 0.25) is 0 Å². The van der Waals surface area contributed by atoms with Gasteiger partial charge in [0.05, 0.1) is 37.1 Å². The number of aliphatic hydroxyl groups is 3. The van der Waals surface area contributed by atoms with Crippen LogP contribution in [-0.4, -0.2) is 98.3 Å². The molecule has 0 aromatic heterocycles. The molecule has 1 heterocycles. The highest BCUT2D eigenvalue weighted by Gasteiger charge is 2.45. The molecule has 0 spiro atoms. The molecule has 3 N–H and O–H groups in total. The second kappa shape index (κ2) is 20.1. The molecule has 11 nitrogen and oxygen atoms in total. The second-order valence-electron chi connectivity index (χ2n) is 14.8. The number of carbonyl (C=O) groups is 2. The Morgan fingerprint density at radius 3 is 1.94 bits per heavy atom. The molecular weight excluding hydrogens is 648 g/mol. The summed E-state index contributed by atoms with van der Waals surface area (Å²) in [6.07, 6.45) is -1.67. The van der Waals surface area contributed by atoms with Crippen molar-refractivity contribution in [2.75, 3.05) is 20.3 Å². The van der Waals surface area contributed by atoms with Gasteiger partial charge in [0.15, 0.2) is 14.1 Å². The highest BCUT2D eigenvalue weighted by atomic mass is 28.4. The van der Waals surface area contributed by atoms with Crippen molar-refractivity contribution in [3.63, 3.8) is 0 Å². The van der Waals surface area contributed by atoms with E-state index in [2.05, 4.69) is 41.5 Å². The summed E-state index contributed by atoms with van der Waals surface area (Å²) in [6, 6.07) is 6.47. The maximum Gasteiger partial charge on any atom is 0.338 e. The zero-order chi connectivity index (χ0) is 36.9. The fraction of sp³-hybridized carbons (Fsp3) is 0.784. The lowest BCUT2D eigenvalue weighted by atomic mass is 9.95. The fourth-order valence-corrected chi connectivity index (χ4v) is 13.0. The average molecular weight is 713 g/mol. The number of esters is 2. The summed E-state index contributed by atoms with van der Waals surface area (Å²) in [6.45, 7) is 18.8. The van der Waals surface area contributed by atoms with Gasteiger partial charge in [0, 0.05) is 52.2 Å². The first-order valence-electron chi connectivity index (χ1n) is 17.9. The van der Waals surface area contributed by atoms with Gasteiger partial charge in [-0.1, -0.05) is 41.5 Å². The van der Waals surface area contributed by atoms with E-state index in [1.54, 1.807) is 24.3 Å². The van der Waals surface area contributed by atoms with E-state index in [9.17, 15) is 24.9 Å². The lowest BCUT2D eigenvalue weighted by Gasteiger charge is -2.43. The molecule has 0 bridgehead atoms. The van der Waals surface area contributed by atoms with Crippen LogP contribution in [0.3, 0.4) is 0 Å². The van der Waals surface area contributed by atoms with Crippen molar-refractivity contribution in [3.8, 4) is 5.75 Å². The standard InChI is InChI=1S/C37H64O11Si/c1-24(2)49(25(3)4,26(5)6)44-18-16-33(45-27(7)39)22-35-23-34(47-37(8,9)48-35)21-30(41)19-29(40)20-32(15-17-38)46-36(42)28-11-13-31(43-10)14-12-28/h11-14,24-26,29-30,32-35,38,40-41H,15-23H2,1-10H3/t29-,30-,32-,33-,34?,35-/m1/s1. The Bertz CT molecular complexity index is 1100. The van der Waals surface area contributed by atoms with Gasteiger partial charge in [-0.25, -0.2) is 4.79 Å². The number of hydrogen-bond acceptors (Lipinski definition) is 11. The summed E-state index contributed by atoms with van der Waals surface area (Å²) in [5, 5.41) is 31.3. The molecule has 1 unspecified atom stereocenters. The molecule has 0 saturated carbocycles. The first kappa shape index (κ1) is 43.1. The molecule has 0 amide bonds. The fourth-order valence-electron chi connectivity index (χ4n) is 7.56. The Labute approximate surface area is 295 Å². The third-order valence-corrected chi connectivity index (χ3v) is 15.6. The van der Waals surface area contributed by atoms with Crippen LogP contribution in [0.15, 0.2) is 24.3 Å². The van der Waals surface area contributed by atoms with Crippen molar-refractivity contribution in [1.29, 1.82) is 0 Å². The van der Waals surface area contributed by atoms with Crippen molar-refractivity contribution in [1.82, 2.24) is 0 Å². The third-order valence-electron chi connectivity index (χ3n) is 9.45. The van der Waals surface area contributed by atoms with Gasteiger partial charge >= 0.3 is 11.9 Å². The first-order chi connectivity index (χ1) is 22.9. The predicted molar refractivity (Wildman–Crippen MR) is 190 cm³/mol. The average Bonchev–Trinajstić information content (AvgIpc) is 2.97. The van der Waals surface area contributed by atoms with E-state index in [-0.39, 0.29) is 50.5 Å². The SMILES string of the molecule is COc1ccc(C(=O)O[C@H](CCO)C[C@H](O)C[C@@H](O)CC2C[C@@H](C[C@@H](CCO[Si](C(C)C)(C(C)C)C(C)C)OC(C)=O)OC(C)(C)O2)cc1. The van der Waals surface area contributed by atoms with Crippen LogP contribution in [-0.2, 0) is 28.2 Å². The van der Waals surface area contributed by atoms with Crippen LogP contribution < -0.4 is 4.74 Å². The minimum atomic E-state index is -2.08. The summed E-state index contributed by atoms with van der Waals surface area (Å²) >= 11 is 0. The molecule has 0 aliphatic carbocycles. The molecule has 1 fully saturated rings. The van der Waals surface area contributed by atoms with E-state index in [1.165, 1.54) is 14.0 Å². The lowest BCUT2D eigenvalue weighted by molar-refractivity contribution is -0.305. The Morgan fingerprint density at radius 1 is 0.857 bits per heavy atom.